The first kappa shape index (κ1) is 14.0. The maximum atomic E-state index is 12.5. The Balaban J connectivity index is 2.28. The van der Waals surface area contributed by atoms with Crippen molar-refractivity contribution in [3.05, 3.63) is 41.0 Å². The number of hydrogen-bond acceptors (Lipinski definition) is 4. The number of fused-ring (bicyclic) bond motifs is 2. The van der Waals surface area contributed by atoms with E-state index in [1.54, 1.807) is 6.07 Å². The summed E-state index contributed by atoms with van der Waals surface area (Å²) in [6, 6.07) is 7.43. The first-order valence-corrected chi connectivity index (χ1v) is 7.18. The van der Waals surface area contributed by atoms with Crippen LogP contribution in [0.5, 0.6) is 0 Å². The molecule has 1 aromatic carbocycles. The number of carbonyl (C=O) groups is 2. The summed E-state index contributed by atoms with van der Waals surface area (Å²) in [5.74, 6) is -0.738. The minimum Gasteiger partial charge on any atom is -0.353 e. The Labute approximate surface area is 125 Å². The number of ketones is 2. The van der Waals surface area contributed by atoms with Crippen LogP contribution in [-0.2, 0) is 4.79 Å². The standard InChI is InChI=1S/C17H20N2O2/c1-17(2,3)19-10-18(4)9-13-14(19)11-7-5-6-8-12(11)15(20)16(13)21/h5-8H,9-10H2,1-4H3. The first-order chi connectivity index (χ1) is 9.80. The normalized spacial score (nSPS) is 19.7. The van der Waals surface area contributed by atoms with Crippen molar-refractivity contribution in [2.24, 2.45) is 0 Å². The van der Waals surface area contributed by atoms with Crippen molar-refractivity contribution in [1.29, 1.82) is 0 Å². The van der Waals surface area contributed by atoms with Crippen molar-refractivity contribution in [2.45, 2.75) is 26.3 Å². The molecule has 0 fully saturated rings. The second kappa shape index (κ2) is 4.53. The lowest BCUT2D eigenvalue weighted by molar-refractivity contribution is -0.112. The van der Waals surface area contributed by atoms with Gasteiger partial charge in [0.15, 0.2) is 0 Å². The topological polar surface area (TPSA) is 40.6 Å². The molecule has 3 rings (SSSR count). The average molecular weight is 284 g/mol. The van der Waals surface area contributed by atoms with E-state index >= 15 is 0 Å². The highest BCUT2D eigenvalue weighted by molar-refractivity contribution is 6.52. The average Bonchev–Trinajstić information content (AvgIpc) is 2.43. The van der Waals surface area contributed by atoms with E-state index in [0.717, 1.165) is 17.9 Å². The van der Waals surface area contributed by atoms with Gasteiger partial charge >= 0.3 is 0 Å². The Hall–Kier alpha value is -1.94. The summed E-state index contributed by atoms with van der Waals surface area (Å²) in [6.45, 7) is 7.65. The predicted molar refractivity (Wildman–Crippen MR) is 81.8 cm³/mol. The summed E-state index contributed by atoms with van der Waals surface area (Å²) in [7, 11) is 1.97. The lowest BCUT2D eigenvalue weighted by atomic mass is 9.84. The highest BCUT2D eigenvalue weighted by atomic mass is 16.2. The number of carbonyl (C=O) groups excluding carboxylic acids is 2. The summed E-state index contributed by atoms with van der Waals surface area (Å²) in [4.78, 5) is 29.1. The van der Waals surface area contributed by atoms with Gasteiger partial charge in [-0.3, -0.25) is 14.5 Å². The van der Waals surface area contributed by atoms with Gasteiger partial charge in [0.05, 0.1) is 12.4 Å². The predicted octanol–water partition coefficient (Wildman–Crippen LogP) is 2.17. The molecule has 0 spiro atoms. The van der Waals surface area contributed by atoms with E-state index in [-0.39, 0.29) is 17.1 Å². The smallest absolute Gasteiger partial charge is 0.233 e. The summed E-state index contributed by atoms with van der Waals surface area (Å²) >= 11 is 0. The molecule has 1 aromatic rings. The zero-order valence-corrected chi connectivity index (χ0v) is 12.9. The Morgan fingerprint density at radius 1 is 1.00 bits per heavy atom. The second-order valence-electron chi connectivity index (χ2n) is 6.79. The fourth-order valence-corrected chi connectivity index (χ4v) is 3.05. The Morgan fingerprint density at radius 2 is 1.62 bits per heavy atom. The van der Waals surface area contributed by atoms with Crippen LogP contribution < -0.4 is 0 Å². The van der Waals surface area contributed by atoms with Crippen LogP contribution in [0, 0.1) is 0 Å². The van der Waals surface area contributed by atoms with Crippen LogP contribution in [0.4, 0.5) is 0 Å². The molecule has 1 heterocycles. The van der Waals surface area contributed by atoms with E-state index in [4.69, 9.17) is 0 Å². The molecular weight excluding hydrogens is 264 g/mol. The summed E-state index contributed by atoms with van der Waals surface area (Å²) < 4.78 is 0. The van der Waals surface area contributed by atoms with Crippen molar-refractivity contribution < 1.29 is 9.59 Å². The van der Waals surface area contributed by atoms with Gasteiger partial charge in [-0.1, -0.05) is 24.3 Å². The van der Waals surface area contributed by atoms with Crippen LogP contribution in [-0.4, -0.2) is 47.2 Å². The minimum atomic E-state index is -0.381. The quantitative estimate of drug-likeness (QED) is 0.685. The molecule has 0 radical (unpaired) electrons. The molecule has 2 aliphatic rings. The molecule has 0 saturated heterocycles. The Bertz CT molecular complexity index is 668. The van der Waals surface area contributed by atoms with E-state index in [2.05, 4.69) is 30.6 Å². The van der Waals surface area contributed by atoms with Gasteiger partial charge in [-0.2, -0.15) is 0 Å². The molecule has 4 nitrogen and oxygen atoms in total. The maximum absolute atomic E-state index is 12.5. The van der Waals surface area contributed by atoms with Crippen LogP contribution in [0.3, 0.4) is 0 Å². The number of hydrogen-bond donors (Lipinski definition) is 0. The van der Waals surface area contributed by atoms with Gasteiger partial charge in [0.25, 0.3) is 0 Å². The third-order valence-electron chi connectivity index (χ3n) is 4.08. The van der Waals surface area contributed by atoms with Gasteiger partial charge in [-0.15, -0.1) is 0 Å². The van der Waals surface area contributed by atoms with Gasteiger partial charge in [0, 0.05) is 28.8 Å². The molecule has 1 aliphatic carbocycles. The van der Waals surface area contributed by atoms with Gasteiger partial charge in [-0.25, -0.2) is 0 Å². The number of rotatable bonds is 0. The number of likely N-dealkylation sites (N-methyl/N-ethyl adjacent to an activating group) is 1. The van der Waals surface area contributed by atoms with E-state index in [1.165, 1.54) is 0 Å². The van der Waals surface area contributed by atoms with Crippen LogP contribution in [0.1, 0.15) is 36.7 Å². The molecule has 1 aliphatic heterocycles. The molecule has 0 unspecified atom stereocenters. The highest BCUT2D eigenvalue weighted by Crippen LogP contribution is 2.38. The Morgan fingerprint density at radius 3 is 2.24 bits per heavy atom. The van der Waals surface area contributed by atoms with Crippen molar-refractivity contribution in [1.82, 2.24) is 9.80 Å². The number of Topliss-reactive ketones (excluding diaryl/α,β-unsaturated/α-hetero) is 2. The zero-order chi connectivity index (χ0) is 15.4. The molecule has 0 bridgehead atoms. The molecule has 0 aromatic heterocycles. The van der Waals surface area contributed by atoms with Crippen LogP contribution in [0.15, 0.2) is 29.8 Å². The van der Waals surface area contributed by atoms with E-state index in [9.17, 15) is 9.59 Å². The van der Waals surface area contributed by atoms with Gasteiger partial charge in [0.1, 0.15) is 0 Å². The van der Waals surface area contributed by atoms with Crippen LogP contribution in [0.25, 0.3) is 5.70 Å². The molecule has 110 valence electrons. The third kappa shape index (κ3) is 2.10. The molecular formula is C17H20N2O2. The first-order valence-electron chi connectivity index (χ1n) is 7.18. The number of nitrogens with zero attached hydrogens (tertiary/aromatic N) is 2. The van der Waals surface area contributed by atoms with Gasteiger partial charge in [-0.05, 0) is 27.8 Å². The van der Waals surface area contributed by atoms with Crippen LogP contribution in [0.2, 0.25) is 0 Å². The number of benzene rings is 1. The van der Waals surface area contributed by atoms with E-state index in [1.807, 2.05) is 25.2 Å². The summed E-state index contributed by atoms with van der Waals surface area (Å²) in [5.41, 5.74) is 2.85. The molecule has 0 atom stereocenters. The van der Waals surface area contributed by atoms with Gasteiger partial charge in [0.2, 0.25) is 11.6 Å². The van der Waals surface area contributed by atoms with E-state index in [0.29, 0.717) is 17.7 Å². The molecule has 0 N–H and O–H groups in total. The third-order valence-corrected chi connectivity index (χ3v) is 4.08. The monoisotopic (exact) mass is 284 g/mol. The van der Waals surface area contributed by atoms with E-state index < -0.39 is 0 Å². The van der Waals surface area contributed by atoms with Crippen molar-refractivity contribution in [3.63, 3.8) is 0 Å². The highest BCUT2D eigenvalue weighted by Gasteiger charge is 2.40. The lowest BCUT2D eigenvalue weighted by Gasteiger charge is -2.47. The molecule has 21 heavy (non-hydrogen) atoms. The second-order valence-corrected chi connectivity index (χ2v) is 6.79. The van der Waals surface area contributed by atoms with Crippen LogP contribution >= 0.6 is 0 Å². The minimum absolute atomic E-state index is 0.122. The van der Waals surface area contributed by atoms with Crippen molar-refractivity contribution in [3.8, 4) is 0 Å². The summed E-state index contributed by atoms with van der Waals surface area (Å²) in [5, 5.41) is 0. The largest absolute Gasteiger partial charge is 0.353 e. The summed E-state index contributed by atoms with van der Waals surface area (Å²) in [6.07, 6.45) is 0. The fourth-order valence-electron chi connectivity index (χ4n) is 3.05. The SMILES string of the molecule is CN1CC2=C(c3ccccc3C(=O)C2=O)N(C(C)(C)C)C1. The molecule has 4 heteroatoms. The van der Waals surface area contributed by atoms with Crippen molar-refractivity contribution in [2.75, 3.05) is 20.3 Å². The zero-order valence-electron chi connectivity index (χ0n) is 12.9. The maximum Gasteiger partial charge on any atom is 0.233 e. The van der Waals surface area contributed by atoms with Crippen molar-refractivity contribution >= 4 is 17.3 Å². The molecule has 0 amide bonds. The molecule has 0 saturated carbocycles. The Kier molecular flexibility index (Phi) is 3.02. The fraction of sp³-hybridized carbons (Fsp3) is 0.412. The van der Waals surface area contributed by atoms with Gasteiger partial charge < -0.3 is 4.90 Å². The lowest BCUT2D eigenvalue weighted by Crippen LogP contribution is -2.52.